The lowest BCUT2D eigenvalue weighted by atomic mass is 10.2. The van der Waals surface area contributed by atoms with Crippen LogP contribution in [0.5, 0.6) is 5.75 Å². The van der Waals surface area contributed by atoms with E-state index in [4.69, 9.17) is 14.3 Å². The molecule has 6 heteroatoms. The summed E-state index contributed by atoms with van der Waals surface area (Å²) in [7, 11) is 0. The van der Waals surface area contributed by atoms with Gasteiger partial charge in [-0.25, -0.2) is 4.79 Å². The summed E-state index contributed by atoms with van der Waals surface area (Å²) >= 11 is 1.86. The second kappa shape index (κ2) is 3.69. The van der Waals surface area contributed by atoms with E-state index in [9.17, 15) is 9.59 Å². The molecule has 0 atom stereocenters. The summed E-state index contributed by atoms with van der Waals surface area (Å²) in [5.74, 6) is -1.36. The van der Waals surface area contributed by atoms with Gasteiger partial charge in [0, 0.05) is 6.07 Å². The Bertz CT molecular complexity index is 515. The van der Waals surface area contributed by atoms with Crippen LogP contribution in [0.2, 0.25) is 0 Å². The Morgan fingerprint density at radius 2 is 2.20 bits per heavy atom. The van der Waals surface area contributed by atoms with Crippen molar-refractivity contribution in [2.75, 3.05) is 4.43 Å². The highest BCUT2D eigenvalue weighted by atomic mass is 127. The van der Waals surface area contributed by atoms with Crippen LogP contribution in [0.4, 0.5) is 0 Å². The Hall–Kier alpha value is -1.31. The molecule has 0 spiro atoms. The quantitative estimate of drug-likeness (QED) is 0.405. The van der Waals surface area contributed by atoms with E-state index in [2.05, 4.69) is 0 Å². The molecule has 1 N–H and O–H groups in total. The van der Waals surface area contributed by atoms with E-state index in [0.717, 1.165) is 0 Å². The first-order valence-corrected chi connectivity index (χ1v) is 5.50. The molecule has 0 unspecified atom stereocenters. The van der Waals surface area contributed by atoms with Gasteiger partial charge in [0.1, 0.15) is 11.1 Å². The van der Waals surface area contributed by atoms with Crippen molar-refractivity contribution in [3.8, 4) is 5.75 Å². The van der Waals surface area contributed by atoms with Crippen molar-refractivity contribution in [1.29, 1.82) is 0 Å². The molecule has 0 radical (unpaired) electrons. The van der Waals surface area contributed by atoms with Gasteiger partial charge in [0.25, 0.3) is 0 Å². The van der Waals surface area contributed by atoms with Crippen LogP contribution in [-0.2, 0) is 4.79 Å². The Morgan fingerprint density at radius 3 is 2.73 bits per heavy atom. The molecular formula is C9H5IO5. The minimum atomic E-state index is -1.10. The van der Waals surface area contributed by atoms with E-state index in [1.165, 1.54) is 12.1 Å². The second-order valence-corrected chi connectivity index (χ2v) is 3.58. The number of benzene rings is 1. The van der Waals surface area contributed by atoms with E-state index in [1.54, 1.807) is 0 Å². The number of alkyl halides is 1. The highest BCUT2D eigenvalue weighted by Gasteiger charge is 2.21. The van der Waals surface area contributed by atoms with Gasteiger partial charge in [-0.15, -0.1) is 0 Å². The molecule has 2 heterocycles. The van der Waals surface area contributed by atoms with Gasteiger partial charge in [0.2, 0.25) is 0 Å². The van der Waals surface area contributed by atoms with Crippen LogP contribution in [0.25, 0.3) is 11.2 Å². The fraction of sp³-hybridized carbons (Fsp3) is 0.111. The van der Waals surface area contributed by atoms with Gasteiger partial charge in [0.15, 0.2) is 11.3 Å². The summed E-state index contributed by atoms with van der Waals surface area (Å²) in [6, 6.07) is 2.88. The Kier molecular flexibility index (Phi) is 2.51. The third kappa shape index (κ3) is 1.76. The average Bonchev–Trinajstić information content (AvgIpc) is 2.76. The van der Waals surface area contributed by atoms with E-state index < -0.39 is 11.9 Å². The predicted octanol–water partition coefficient (Wildman–Crippen LogP) is 1.91. The molecule has 2 bridgehead atoms. The zero-order chi connectivity index (χ0) is 11.0. The number of furan rings is 2. The van der Waals surface area contributed by atoms with Crippen molar-refractivity contribution >= 4 is 45.7 Å². The van der Waals surface area contributed by atoms with Crippen molar-refractivity contribution < 1.29 is 23.8 Å². The van der Waals surface area contributed by atoms with Crippen molar-refractivity contribution in [3.63, 3.8) is 0 Å². The summed E-state index contributed by atoms with van der Waals surface area (Å²) in [5, 5.41) is 8.79. The van der Waals surface area contributed by atoms with Crippen LogP contribution in [-0.4, -0.2) is 21.5 Å². The third-order valence-corrected chi connectivity index (χ3v) is 2.43. The highest BCUT2D eigenvalue weighted by Crippen LogP contribution is 2.33. The van der Waals surface area contributed by atoms with Crippen molar-refractivity contribution in [2.24, 2.45) is 0 Å². The van der Waals surface area contributed by atoms with Crippen molar-refractivity contribution in [2.45, 2.75) is 0 Å². The molecule has 5 nitrogen and oxygen atoms in total. The highest BCUT2D eigenvalue weighted by molar-refractivity contribution is 14.1. The fourth-order valence-corrected chi connectivity index (χ4v) is 1.40. The van der Waals surface area contributed by atoms with Crippen LogP contribution in [0.15, 0.2) is 16.5 Å². The summed E-state index contributed by atoms with van der Waals surface area (Å²) in [6.45, 7) is 0. The van der Waals surface area contributed by atoms with Gasteiger partial charge in [-0.2, -0.15) is 0 Å². The number of carbonyl (C=O) groups is 2. The zero-order valence-electron chi connectivity index (χ0n) is 7.32. The molecular weight excluding hydrogens is 315 g/mol. The second-order valence-electron chi connectivity index (χ2n) is 2.81. The number of carboxylic acids is 1. The van der Waals surface area contributed by atoms with Crippen molar-refractivity contribution in [3.05, 3.63) is 17.7 Å². The number of esters is 1. The molecule has 0 saturated heterocycles. The van der Waals surface area contributed by atoms with Crippen LogP contribution < -0.4 is 4.74 Å². The Balaban J connectivity index is 2.38. The molecule has 2 aromatic rings. The SMILES string of the molecule is O=C(CI)Oc1cc2cc(C(=O)O)c1o2. The molecule has 15 heavy (non-hydrogen) atoms. The zero-order valence-corrected chi connectivity index (χ0v) is 9.48. The normalized spacial score (nSPS) is 10.7. The van der Waals surface area contributed by atoms with Crippen LogP contribution in [0, 0.1) is 0 Å². The lowest BCUT2D eigenvalue weighted by molar-refractivity contribution is -0.131. The topological polar surface area (TPSA) is 76.7 Å². The molecule has 0 aliphatic carbocycles. The van der Waals surface area contributed by atoms with Gasteiger partial charge in [-0.1, -0.05) is 22.6 Å². The van der Waals surface area contributed by atoms with E-state index >= 15 is 0 Å². The largest absolute Gasteiger partial charge is 0.478 e. The minimum absolute atomic E-state index is 0.0174. The first kappa shape index (κ1) is 10.2. The van der Waals surface area contributed by atoms with Crippen LogP contribution in [0.3, 0.4) is 0 Å². The van der Waals surface area contributed by atoms with E-state index in [1.807, 2.05) is 22.6 Å². The first-order valence-electron chi connectivity index (χ1n) is 3.97. The first-order chi connectivity index (χ1) is 7.11. The maximum absolute atomic E-state index is 11.0. The molecule has 2 aromatic heterocycles. The summed E-state index contributed by atoms with van der Waals surface area (Å²) in [5.41, 5.74) is 0.512. The summed E-state index contributed by atoms with van der Waals surface area (Å²) < 4.78 is 10.2. The molecule has 0 aromatic carbocycles. The maximum atomic E-state index is 11.0. The maximum Gasteiger partial charge on any atom is 0.339 e. The molecule has 0 aliphatic heterocycles. The van der Waals surface area contributed by atoms with Gasteiger partial charge in [-0.05, 0) is 6.07 Å². The lowest BCUT2D eigenvalue weighted by Gasteiger charge is -1.99. The van der Waals surface area contributed by atoms with Crippen molar-refractivity contribution in [1.82, 2.24) is 0 Å². The number of ether oxygens (including phenoxy) is 1. The number of rotatable bonds is 3. The Morgan fingerprint density at radius 1 is 1.47 bits per heavy atom. The molecule has 0 amide bonds. The molecule has 0 fully saturated rings. The number of fused-ring (bicyclic) bond motifs is 2. The van der Waals surface area contributed by atoms with Gasteiger partial charge in [0.05, 0.1) is 4.43 Å². The lowest BCUT2D eigenvalue weighted by Crippen LogP contribution is -2.08. The molecule has 2 rings (SSSR count). The third-order valence-electron chi connectivity index (χ3n) is 1.81. The molecule has 0 saturated carbocycles. The van der Waals surface area contributed by atoms with Gasteiger partial charge >= 0.3 is 11.9 Å². The van der Waals surface area contributed by atoms with Gasteiger partial charge in [-0.3, -0.25) is 4.79 Å². The average molecular weight is 320 g/mol. The van der Waals surface area contributed by atoms with Gasteiger partial charge < -0.3 is 14.3 Å². The number of halogens is 1. The number of hydrogen-bond acceptors (Lipinski definition) is 4. The minimum Gasteiger partial charge on any atom is -0.478 e. The van der Waals surface area contributed by atoms with Crippen LogP contribution >= 0.6 is 22.6 Å². The fourth-order valence-electron chi connectivity index (χ4n) is 1.24. The molecule has 78 valence electrons. The number of hydrogen-bond donors (Lipinski definition) is 1. The smallest absolute Gasteiger partial charge is 0.339 e. The predicted molar refractivity (Wildman–Crippen MR) is 58.9 cm³/mol. The Labute approximate surface area is 97.5 Å². The van der Waals surface area contributed by atoms with E-state index in [0.29, 0.717) is 5.58 Å². The standard InChI is InChI=1S/C9H5IO5/c10-3-7(11)15-6-2-4-1-5(9(12)13)8(6)14-4/h1-2H,3H2,(H,12,13). The molecule has 0 aliphatic rings. The number of aromatic carboxylic acids is 1. The summed E-state index contributed by atoms with van der Waals surface area (Å²) in [6.07, 6.45) is 0. The van der Waals surface area contributed by atoms with E-state index in [-0.39, 0.29) is 21.3 Å². The monoisotopic (exact) mass is 320 g/mol. The number of carboxylic acid groups (broad SMARTS) is 1. The number of carbonyl (C=O) groups excluding carboxylic acids is 1. The summed E-state index contributed by atoms with van der Waals surface area (Å²) in [4.78, 5) is 21.7. The van der Waals surface area contributed by atoms with Crippen LogP contribution in [0.1, 0.15) is 10.4 Å².